The van der Waals surface area contributed by atoms with Crippen molar-refractivity contribution in [3.63, 3.8) is 0 Å². The molecule has 0 unspecified atom stereocenters. The first kappa shape index (κ1) is 24.1. The van der Waals surface area contributed by atoms with Crippen molar-refractivity contribution in [2.75, 3.05) is 19.0 Å². The van der Waals surface area contributed by atoms with Crippen LogP contribution in [0, 0.1) is 0 Å². The summed E-state index contributed by atoms with van der Waals surface area (Å²) < 4.78 is 0. The molecule has 0 aliphatic rings. The van der Waals surface area contributed by atoms with E-state index in [-0.39, 0.29) is 10.8 Å². The number of benzene rings is 3. The van der Waals surface area contributed by atoms with Crippen LogP contribution in [-0.4, -0.2) is 24.1 Å². The lowest BCUT2D eigenvalue weighted by Crippen LogP contribution is -2.11. The number of hydrogen-bond acceptors (Lipinski definition) is 2. The zero-order valence-electron chi connectivity index (χ0n) is 22.8. The van der Waals surface area contributed by atoms with Crippen LogP contribution in [-0.2, 0) is 10.8 Å². The van der Waals surface area contributed by atoms with E-state index in [1.54, 1.807) is 0 Å². The number of anilines is 1. The summed E-state index contributed by atoms with van der Waals surface area (Å²) in [4.78, 5) is 10.5. The second-order valence-electron chi connectivity index (χ2n) is 12.2. The summed E-state index contributed by atoms with van der Waals surface area (Å²) in [6, 6.07) is 24.8. The van der Waals surface area contributed by atoms with Crippen LogP contribution < -0.4 is 4.90 Å². The number of aromatic amines is 1. The van der Waals surface area contributed by atoms with Crippen molar-refractivity contribution in [2.24, 2.45) is 0 Å². The molecule has 0 saturated heterocycles. The molecule has 0 aliphatic heterocycles. The number of aromatic nitrogens is 2. The Morgan fingerprint density at radius 1 is 0.639 bits per heavy atom. The molecular weight excluding hydrogens is 438 g/mol. The summed E-state index contributed by atoms with van der Waals surface area (Å²) in [6.45, 7) is 13.7. The second-order valence-corrected chi connectivity index (χ2v) is 12.2. The van der Waals surface area contributed by atoms with E-state index in [0.29, 0.717) is 0 Å². The maximum atomic E-state index is 4.66. The number of H-pyrrole nitrogens is 1. The molecule has 5 aromatic rings. The highest BCUT2D eigenvalue weighted by atomic mass is 15.1. The van der Waals surface area contributed by atoms with Crippen LogP contribution >= 0.6 is 0 Å². The Hall–Kier alpha value is -3.59. The molecule has 36 heavy (non-hydrogen) atoms. The third kappa shape index (κ3) is 4.39. The van der Waals surface area contributed by atoms with Crippen molar-refractivity contribution >= 4 is 27.2 Å². The smallest absolute Gasteiger partial charge is 0.0885 e. The van der Waals surface area contributed by atoms with Crippen molar-refractivity contribution in [3.05, 3.63) is 84.1 Å². The molecule has 1 N–H and O–H groups in total. The van der Waals surface area contributed by atoms with Crippen molar-refractivity contribution in [2.45, 2.75) is 52.4 Å². The third-order valence-electron chi connectivity index (χ3n) is 7.18. The molecular formula is C33H37N3. The van der Waals surface area contributed by atoms with E-state index < -0.39 is 0 Å². The Labute approximate surface area is 215 Å². The normalized spacial score (nSPS) is 12.4. The van der Waals surface area contributed by atoms with Crippen LogP contribution in [0.4, 0.5) is 5.69 Å². The Kier molecular flexibility index (Phi) is 5.70. The minimum absolute atomic E-state index is 0.0745. The number of pyridine rings is 1. The molecule has 0 aliphatic carbocycles. The standard InChI is InChI=1S/C33H37N3/c1-32(2,3)23-11-9-21-17-22-10-12-24(33(4,5)6)19-27(22)31(26(21)18-23)29-14-13-28(35-29)30-20-25(36(7)8)15-16-34-30/h9-20,35H,1-8H3. The Morgan fingerprint density at radius 2 is 1.19 bits per heavy atom. The fourth-order valence-electron chi connectivity index (χ4n) is 4.87. The van der Waals surface area contributed by atoms with E-state index in [2.05, 4.69) is 131 Å². The summed E-state index contributed by atoms with van der Waals surface area (Å²) >= 11 is 0. The highest BCUT2D eigenvalue weighted by Gasteiger charge is 2.20. The van der Waals surface area contributed by atoms with Gasteiger partial charge in [0, 0.05) is 37.2 Å². The average molecular weight is 476 g/mol. The van der Waals surface area contributed by atoms with Crippen LogP contribution in [0.5, 0.6) is 0 Å². The molecule has 0 radical (unpaired) electrons. The van der Waals surface area contributed by atoms with Gasteiger partial charge in [-0.05, 0) is 86.0 Å². The molecule has 0 fully saturated rings. The largest absolute Gasteiger partial charge is 0.378 e. The Morgan fingerprint density at radius 3 is 1.72 bits per heavy atom. The zero-order chi connectivity index (χ0) is 25.8. The van der Waals surface area contributed by atoms with E-state index >= 15 is 0 Å². The highest BCUT2D eigenvalue weighted by Crippen LogP contribution is 2.40. The molecule has 184 valence electrons. The van der Waals surface area contributed by atoms with Crippen LogP contribution in [0.2, 0.25) is 0 Å². The summed E-state index contributed by atoms with van der Waals surface area (Å²) in [7, 11) is 4.11. The molecule has 0 saturated carbocycles. The average Bonchev–Trinajstić information content (AvgIpc) is 3.30. The van der Waals surface area contributed by atoms with Gasteiger partial charge < -0.3 is 9.88 Å². The van der Waals surface area contributed by atoms with Gasteiger partial charge in [-0.1, -0.05) is 65.8 Å². The van der Waals surface area contributed by atoms with Gasteiger partial charge in [0.15, 0.2) is 0 Å². The number of nitrogens with one attached hydrogen (secondary N) is 1. The van der Waals surface area contributed by atoms with Gasteiger partial charge in [0.25, 0.3) is 0 Å². The van der Waals surface area contributed by atoms with Crippen molar-refractivity contribution < 1.29 is 0 Å². The first-order chi connectivity index (χ1) is 16.9. The molecule has 0 amide bonds. The highest BCUT2D eigenvalue weighted by molar-refractivity contribution is 6.12. The van der Waals surface area contributed by atoms with E-state index in [1.165, 1.54) is 38.2 Å². The molecule has 0 spiro atoms. The van der Waals surface area contributed by atoms with Gasteiger partial charge in [0.05, 0.1) is 11.4 Å². The van der Waals surface area contributed by atoms with Gasteiger partial charge in [0.2, 0.25) is 0 Å². The molecule has 2 heterocycles. The lowest BCUT2D eigenvalue weighted by molar-refractivity contribution is 0.591. The van der Waals surface area contributed by atoms with Gasteiger partial charge in [-0.3, -0.25) is 4.98 Å². The van der Waals surface area contributed by atoms with Gasteiger partial charge in [-0.15, -0.1) is 0 Å². The molecule has 5 rings (SSSR count). The number of nitrogens with zero attached hydrogens (tertiary/aromatic N) is 2. The Bertz CT molecular complexity index is 1500. The second kappa shape index (κ2) is 8.51. The van der Waals surface area contributed by atoms with Gasteiger partial charge in [-0.2, -0.15) is 0 Å². The lowest BCUT2D eigenvalue weighted by Gasteiger charge is -2.22. The van der Waals surface area contributed by atoms with Gasteiger partial charge >= 0.3 is 0 Å². The predicted octanol–water partition coefficient (Wildman–Crippen LogP) is 8.71. The first-order valence-electron chi connectivity index (χ1n) is 12.8. The fourth-order valence-corrected chi connectivity index (χ4v) is 4.87. The molecule has 0 bridgehead atoms. The third-order valence-corrected chi connectivity index (χ3v) is 7.18. The first-order valence-corrected chi connectivity index (χ1v) is 12.8. The van der Waals surface area contributed by atoms with Crippen LogP contribution in [0.3, 0.4) is 0 Å². The molecule has 3 nitrogen and oxygen atoms in total. The van der Waals surface area contributed by atoms with Crippen molar-refractivity contribution in [1.29, 1.82) is 0 Å². The van der Waals surface area contributed by atoms with Crippen molar-refractivity contribution in [3.8, 4) is 22.6 Å². The van der Waals surface area contributed by atoms with Crippen LogP contribution in [0.25, 0.3) is 44.2 Å². The number of hydrogen-bond donors (Lipinski definition) is 1. The number of fused-ring (bicyclic) bond motifs is 2. The van der Waals surface area contributed by atoms with Crippen LogP contribution in [0.1, 0.15) is 52.7 Å². The number of rotatable bonds is 3. The lowest BCUT2D eigenvalue weighted by atomic mass is 9.82. The van der Waals surface area contributed by atoms with E-state index in [0.717, 1.165) is 22.8 Å². The monoisotopic (exact) mass is 475 g/mol. The summed E-state index contributed by atoms with van der Waals surface area (Å²) in [5, 5.41) is 5.09. The van der Waals surface area contributed by atoms with Gasteiger partial charge in [0.1, 0.15) is 0 Å². The van der Waals surface area contributed by atoms with E-state index in [4.69, 9.17) is 0 Å². The molecule has 3 aromatic carbocycles. The molecule has 0 atom stereocenters. The summed E-state index contributed by atoms with van der Waals surface area (Å²) in [6.07, 6.45) is 1.88. The Balaban J connectivity index is 1.80. The SMILES string of the molecule is CN(C)c1ccnc(-c2ccc(-c3c4cc(C(C)(C)C)ccc4cc4ccc(C(C)(C)C)cc34)[nH]2)c1. The van der Waals surface area contributed by atoms with Crippen molar-refractivity contribution in [1.82, 2.24) is 9.97 Å². The summed E-state index contributed by atoms with van der Waals surface area (Å²) in [5.41, 5.74) is 8.32. The van der Waals surface area contributed by atoms with Gasteiger partial charge in [-0.25, -0.2) is 0 Å². The maximum absolute atomic E-state index is 4.66. The fraction of sp³-hybridized carbons (Fsp3) is 0.303. The predicted molar refractivity (Wildman–Crippen MR) is 156 cm³/mol. The molecule has 3 heteroatoms. The maximum Gasteiger partial charge on any atom is 0.0885 e. The van der Waals surface area contributed by atoms with E-state index in [9.17, 15) is 0 Å². The zero-order valence-corrected chi connectivity index (χ0v) is 22.8. The minimum atomic E-state index is 0.0745. The molecule has 2 aromatic heterocycles. The quantitative estimate of drug-likeness (QED) is 0.265. The van der Waals surface area contributed by atoms with E-state index in [1.807, 2.05) is 12.3 Å². The minimum Gasteiger partial charge on any atom is -0.378 e. The topological polar surface area (TPSA) is 31.9 Å². The summed E-state index contributed by atoms with van der Waals surface area (Å²) in [5.74, 6) is 0. The van der Waals surface area contributed by atoms with Crippen LogP contribution in [0.15, 0.2) is 72.9 Å².